The summed E-state index contributed by atoms with van der Waals surface area (Å²) in [5.41, 5.74) is 1.69. The number of anilines is 1. The van der Waals surface area contributed by atoms with Crippen LogP contribution in [0.25, 0.3) is 11.5 Å². The molecule has 0 amide bonds. The first-order valence-electron chi connectivity index (χ1n) is 7.26. The lowest BCUT2D eigenvalue weighted by Gasteiger charge is -2.21. The summed E-state index contributed by atoms with van der Waals surface area (Å²) in [6.45, 7) is 0.941. The second-order valence-electron chi connectivity index (χ2n) is 4.96. The van der Waals surface area contributed by atoms with Crippen molar-refractivity contribution < 1.29 is 9.52 Å². The highest BCUT2D eigenvalue weighted by Gasteiger charge is 2.14. The van der Waals surface area contributed by atoms with Crippen molar-refractivity contribution in [3.05, 3.63) is 65.5 Å². The summed E-state index contributed by atoms with van der Waals surface area (Å²) in [6, 6.07) is 17.1. The van der Waals surface area contributed by atoms with Crippen molar-refractivity contribution in [2.45, 2.75) is 6.54 Å². The van der Waals surface area contributed by atoms with Crippen molar-refractivity contribution in [3.8, 4) is 11.5 Å². The molecule has 2 aromatic carbocycles. The minimum absolute atomic E-state index is 0.0421. The topological polar surface area (TPSA) is 62.4 Å². The number of rotatable bonds is 6. The molecule has 23 heavy (non-hydrogen) atoms. The van der Waals surface area contributed by atoms with Crippen molar-refractivity contribution in [3.63, 3.8) is 0 Å². The Morgan fingerprint density at radius 1 is 1.00 bits per heavy atom. The van der Waals surface area contributed by atoms with Gasteiger partial charge in [-0.05, 0) is 24.3 Å². The summed E-state index contributed by atoms with van der Waals surface area (Å²) in [5, 5.41) is 18.0. The van der Waals surface area contributed by atoms with E-state index in [0.29, 0.717) is 35.5 Å². The Morgan fingerprint density at radius 2 is 1.74 bits per heavy atom. The van der Waals surface area contributed by atoms with Gasteiger partial charge in [-0.25, -0.2) is 0 Å². The van der Waals surface area contributed by atoms with E-state index in [1.807, 2.05) is 53.4 Å². The van der Waals surface area contributed by atoms with Crippen LogP contribution in [0.5, 0.6) is 0 Å². The van der Waals surface area contributed by atoms with Crippen molar-refractivity contribution in [2.24, 2.45) is 0 Å². The second kappa shape index (κ2) is 7.26. The Morgan fingerprint density at radius 3 is 2.48 bits per heavy atom. The summed E-state index contributed by atoms with van der Waals surface area (Å²) in [6.07, 6.45) is 0. The van der Waals surface area contributed by atoms with Crippen molar-refractivity contribution >= 4 is 17.3 Å². The Hall–Kier alpha value is -2.37. The van der Waals surface area contributed by atoms with Gasteiger partial charge in [-0.2, -0.15) is 0 Å². The van der Waals surface area contributed by atoms with Crippen LogP contribution in [0.3, 0.4) is 0 Å². The highest BCUT2D eigenvalue weighted by molar-refractivity contribution is 6.33. The van der Waals surface area contributed by atoms with Gasteiger partial charge in [-0.15, -0.1) is 10.2 Å². The third-order valence-electron chi connectivity index (χ3n) is 3.39. The molecule has 0 fully saturated rings. The quantitative estimate of drug-likeness (QED) is 0.751. The van der Waals surface area contributed by atoms with Gasteiger partial charge in [0.25, 0.3) is 0 Å². The van der Waals surface area contributed by atoms with Gasteiger partial charge in [0.05, 0.1) is 23.7 Å². The minimum Gasteiger partial charge on any atom is -0.419 e. The lowest BCUT2D eigenvalue weighted by Crippen LogP contribution is -2.26. The highest BCUT2D eigenvalue weighted by atomic mass is 35.5. The zero-order valence-electron chi connectivity index (χ0n) is 12.4. The molecule has 1 aromatic heterocycles. The van der Waals surface area contributed by atoms with E-state index >= 15 is 0 Å². The first kappa shape index (κ1) is 15.5. The smallest absolute Gasteiger partial charge is 0.249 e. The predicted octanol–water partition coefficient (Wildman–Crippen LogP) is 3.39. The molecule has 3 rings (SSSR count). The molecule has 118 valence electrons. The molecule has 5 nitrogen and oxygen atoms in total. The molecule has 0 radical (unpaired) electrons. The van der Waals surface area contributed by atoms with E-state index in [4.69, 9.17) is 16.0 Å². The third-order valence-corrected chi connectivity index (χ3v) is 3.72. The predicted molar refractivity (Wildman–Crippen MR) is 89.3 cm³/mol. The number of para-hydroxylation sites is 1. The van der Waals surface area contributed by atoms with Crippen LogP contribution < -0.4 is 4.90 Å². The average Bonchev–Trinajstić information content (AvgIpc) is 3.04. The van der Waals surface area contributed by atoms with Crippen LogP contribution in [0.2, 0.25) is 5.02 Å². The molecule has 0 unspecified atom stereocenters. The fourth-order valence-electron chi connectivity index (χ4n) is 2.28. The van der Waals surface area contributed by atoms with Gasteiger partial charge in [-0.1, -0.05) is 41.9 Å². The van der Waals surface area contributed by atoms with E-state index in [1.54, 1.807) is 6.07 Å². The van der Waals surface area contributed by atoms with Crippen molar-refractivity contribution in [1.82, 2.24) is 10.2 Å². The van der Waals surface area contributed by atoms with E-state index < -0.39 is 0 Å². The fraction of sp³-hybridized carbons (Fsp3) is 0.176. The number of benzene rings is 2. The molecule has 3 aromatic rings. The molecule has 0 aliphatic rings. The molecule has 0 atom stereocenters. The maximum atomic E-state index is 9.27. The zero-order chi connectivity index (χ0) is 16.1. The molecule has 0 saturated carbocycles. The highest BCUT2D eigenvalue weighted by Crippen LogP contribution is 2.26. The summed E-state index contributed by atoms with van der Waals surface area (Å²) in [5.74, 6) is 0.861. The summed E-state index contributed by atoms with van der Waals surface area (Å²) in [7, 11) is 0. The van der Waals surface area contributed by atoms with Gasteiger partial charge in [0.2, 0.25) is 11.8 Å². The van der Waals surface area contributed by atoms with Gasteiger partial charge in [0.1, 0.15) is 0 Å². The molecular formula is C17H16ClN3O2. The van der Waals surface area contributed by atoms with Crippen LogP contribution in [0.4, 0.5) is 5.69 Å². The summed E-state index contributed by atoms with van der Waals surface area (Å²) < 4.78 is 5.72. The number of aliphatic hydroxyl groups excluding tert-OH is 1. The molecule has 1 heterocycles. The standard InChI is InChI=1S/C17H16ClN3O2/c18-15-9-5-4-8-14(15)17-20-19-16(23-17)12-21(10-11-22)13-6-2-1-3-7-13/h1-9,22H,10-12H2. The zero-order valence-corrected chi connectivity index (χ0v) is 13.1. The van der Waals surface area contributed by atoms with Crippen molar-refractivity contribution in [2.75, 3.05) is 18.1 Å². The van der Waals surface area contributed by atoms with Crippen LogP contribution >= 0.6 is 11.6 Å². The number of aromatic nitrogens is 2. The molecule has 0 spiro atoms. The monoisotopic (exact) mass is 329 g/mol. The van der Waals surface area contributed by atoms with Crippen molar-refractivity contribution in [1.29, 1.82) is 0 Å². The Balaban J connectivity index is 1.81. The van der Waals surface area contributed by atoms with Gasteiger partial charge in [0, 0.05) is 12.2 Å². The summed E-state index contributed by atoms with van der Waals surface area (Å²) in [4.78, 5) is 1.98. The fourth-order valence-corrected chi connectivity index (χ4v) is 2.50. The Bertz CT molecular complexity index is 761. The van der Waals surface area contributed by atoms with Crippen LogP contribution in [0.1, 0.15) is 5.89 Å². The lowest BCUT2D eigenvalue weighted by molar-refractivity contribution is 0.300. The molecule has 1 N–H and O–H groups in total. The molecule has 0 saturated heterocycles. The van der Waals surface area contributed by atoms with Crippen LogP contribution in [0, 0.1) is 0 Å². The number of hydrogen-bond donors (Lipinski definition) is 1. The Kier molecular flexibility index (Phi) is 4.90. The average molecular weight is 330 g/mol. The number of halogens is 1. The summed E-state index contributed by atoms with van der Waals surface area (Å²) >= 11 is 6.15. The van der Waals surface area contributed by atoms with Gasteiger partial charge in [0.15, 0.2) is 0 Å². The molecule has 6 heteroatoms. The normalized spacial score (nSPS) is 10.7. The lowest BCUT2D eigenvalue weighted by atomic mass is 10.2. The minimum atomic E-state index is 0.0421. The van der Waals surface area contributed by atoms with E-state index in [-0.39, 0.29) is 6.61 Å². The maximum absolute atomic E-state index is 9.27. The molecule has 0 bridgehead atoms. The number of hydrogen-bond acceptors (Lipinski definition) is 5. The van der Waals surface area contributed by atoms with Crippen LogP contribution in [0.15, 0.2) is 59.0 Å². The van der Waals surface area contributed by atoms with Gasteiger partial charge < -0.3 is 14.4 Å². The first-order chi connectivity index (χ1) is 11.3. The number of nitrogens with zero attached hydrogens (tertiary/aromatic N) is 3. The van der Waals surface area contributed by atoms with Gasteiger partial charge >= 0.3 is 0 Å². The SMILES string of the molecule is OCCN(Cc1nnc(-c2ccccc2Cl)o1)c1ccccc1. The third kappa shape index (κ3) is 3.70. The first-order valence-corrected chi connectivity index (χ1v) is 7.64. The maximum Gasteiger partial charge on any atom is 0.249 e. The molecule has 0 aliphatic heterocycles. The second-order valence-corrected chi connectivity index (χ2v) is 5.37. The van der Waals surface area contributed by atoms with E-state index in [0.717, 1.165) is 5.69 Å². The molecule has 0 aliphatic carbocycles. The number of aliphatic hydroxyl groups is 1. The Labute approximate surface area is 139 Å². The van der Waals surface area contributed by atoms with E-state index in [9.17, 15) is 5.11 Å². The van der Waals surface area contributed by atoms with E-state index in [2.05, 4.69) is 10.2 Å². The largest absolute Gasteiger partial charge is 0.419 e. The van der Waals surface area contributed by atoms with Crippen LogP contribution in [-0.2, 0) is 6.54 Å². The van der Waals surface area contributed by atoms with E-state index in [1.165, 1.54) is 0 Å². The van der Waals surface area contributed by atoms with Gasteiger partial charge in [-0.3, -0.25) is 0 Å². The molecular weight excluding hydrogens is 314 g/mol. The van der Waals surface area contributed by atoms with Crippen LogP contribution in [-0.4, -0.2) is 28.5 Å².